The Labute approximate surface area is 239 Å². The van der Waals surface area contributed by atoms with E-state index < -0.39 is 40.7 Å². The molecule has 0 aromatic heterocycles. The molecule has 3 N–H and O–H groups in total. The number of aliphatic hydroxyl groups is 1. The van der Waals surface area contributed by atoms with Gasteiger partial charge in [-0.15, -0.1) is 0 Å². The third-order valence-corrected chi connectivity index (χ3v) is 8.97. The molecule has 8 nitrogen and oxygen atoms in total. The number of fused-ring (bicyclic) bond motifs is 1. The second-order valence-corrected chi connectivity index (χ2v) is 14.5. The van der Waals surface area contributed by atoms with Crippen molar-refractivity contribution in [3.05, 3.63) is 30.3 Å². The number of benzene rings is 1. The van der Waals surface area contributed by atoms with Gasteiger partial charge in [-0.3, -0.25) is 14.4 Å². The van der Waals surface area contributed by atoms with E-state index in [0.29, 0.717) is 31.4 Å². The lowest BCUT2D eigenvalue weighted by molar-refractivity contribution is -0.151. The summed E-state index contributed by atoms with van der Waals surface area (Å²) < 4.78 is 6.88. The predicted octanol–water partition coefficient (Wildman–Crippen LogP) is 4.52. The molecule has 0 aliphatic carbocycles. The van der Waals surface area contributed by atoms with Crippen LogP contribution in [0.2, 0.25) is 0 Å². The molecule has 3 fully saturated rings. The van der Waals surface area contributed by atoms with Gasteiger partial charge in [-0.05, 0) is 69.4 Å². The number of rotatable bonds is 10. The maximum atomic E-state index is 14.5. The minimum atomic E-state index is -1.13. The molecule has 6 atom stereocenters. The van der Waals surface area contributed by atoms with Gasteiger partial charge in [0.2, 0.25) is 17.7 Å². The number of likely N-dealkylation sites (tertiary alicyclic amines) is 1. The average Bonchev–Trinajstić information content (AvgIpc) is 3.44. The minimum Gasteiger partial charge on any atom is -0.394 e. The molecule has 1 spiro atoms. The lowest BCUT2D eigenvalue weighted by Gasteiger charge is -2.40. The van der Waals surface area contributed by atoms with Gasteiger partial charge in [-0.25, -0.2) is 0 Å². The molecule has 1 aromatic rings. The standard InChI is InChI=1S/C32H49N3O5/c1-9-31-15-16-32(40-31)24(23(31)26(37)33-21-13-11-10-12-14-21)28(39)35(22(18-36)17-20(2)3)25(32)27(38)34-30(7,8)19-29(4,5)6/h10-14,20,22-25,36H,9,15-19H2,1-8H3,(H,33,37)(H,34,38)/t22-,23-,24+,25?,31+,32?/m1/s1. The van der Waals surface area contributed by atoms with Crippen molar-refractivity contribution >= 4 is 23.4 Å². The molecule has 2 unspecified atom stereocenters. The normalized spacial score (nSPS) is 30.5. The molecule has 1 aromatic carbocycles. The number of hydrogen-bond acceptors (Lipinski definition) is 5. The van der Waals surface area contributed by atoms with Crippen molar-refractivity contribution in [3.63, 3.8) is 0 Å². The van der Waals surface area contributed by atoms with Crippen LogP contribution in [0, 0.1) is 23.2 Å². The van der Waals surface area contributed by atoms with Crippen molar-refractivity contribution in [2.24, 2.45) is 23.2 Å². The number of anilines is 1. The largest absolute Gasteiger partial charge is 0.394 e. The first-order valence-electron chi connectivity index (χ1n) is 14.9. The minimum absolute atomic E-state index is 0.0245. The molecular formula is C32H49N3O5. The smallest absolute Gasteiger partial charge is 0.246 e. The van der Waals surface area contributed by atoms with Gasteiger partial charge in [0, 0.05) is 11.2 Å². The Kier molecular flexibility index (Phi) is 8.20. The van der Waals surface area contributed by atoms with E-state index in [9.17, 15) is 19.5 Å². The lowest BCUT2D eigenvalue weighted by atomic mass is 9.65. The molecule has 222 valence electrons. The fourth-order valence-corrected chi connectivity index (χ4v) is 8.08. The fraction of sp³-hybridized carbons (Fsp3) is 0.719. The highest BCUT2D eigenvalue weighted by atomic mass is 16.5. The molecule has 3 saturated heterocycles. The van der Waals surface area contributed by atoms with Gasteiger partial charge >= 0.3 is 0 Å². The van der Waals surface area contributed by atoms with Crippen LogP contribution in [0.1, 0.15) is 87.5 Å². The summed E-state index contributed by atoms with van der Waals surface area (Å²) in [5, 5.41) is 16.8. The second kappa shape index (κ2) is 10.8. The average molecular weight is 556 g/mol. The maximum Gasteiger partial charge on any atom is 0.246 e. The summed E-state index contributed by atoms with van der Waals surface area (Å²) in [7, 11) is 0. The van der Waals surface area contributed by atoms with Crippen LogP contribution >= 0.6 is 0 Å². The van der Waals surface area contributed by atoms with Crippen molar-refractivity contribution < 1.29 is 24.2 Å². The molecule has 40 heavy (non-hydrogen) atoms. The van der Waals surface area contributed by atoms with E-state index in [1.165, 1.54) is 0 Å². The highest BCUT2D eigenvalue weighted by Gasteiger charge is 2.79. The molecule has 0 saturated carbocycles. The third kappa shape index (κ3) is 5.41. The number of amides is 3. The van der Waals surface area contributed by atoms with Gasteiger partial charge in [-0.1, -0.05) is 59.7 Å². The Bertz CT molecular complexity index is 1110. The van der Waals surface area contributed by atoms with Crippen molar-refractivity contribution in [2.75, 3.05) is 11.9 Å². The van der Waals surface area contributed by atoms with Gasteiger partial charge in [0.05, 0.1) is 30.1 Å². The molecule has 3 aliphatic rings. The molecule has 3 amide bonds. The van der Waals surface area contributed by atoms with Crippen LogP contribution in [0.4, 0.5) is 5.69 Å². The molecule has 8 heteroatoms. The summed E-state index contributed by atoms with van der Waals surface area (Å²) in [6, 6.07) is 7.75. The fourth-order valence-electron chi connectivity index (χ4n) is 8.08. The second-order valence-electron chi connectivity index (χ2n) is 14.5. The zero-order valence-electron chi connectivity index (χ0n) is 25.5. The first kappa shape index (κ1) is 30.5. The topological polar surface area (TPSA) is 108 Å². The van der Waals surface area contributed by atoms with Crippen molar-refractivity contribution in [1.29, 1.82) is 0 Å². The molecule has 2 bridgehead atoms. The maximum absolute atomic E-state index is 14.5. The number of hydrogen-bond donors (Lipinski definition) is 3. The first-order chi connectivity index (χ1) is 18.6. The summed E-state index contributed by atoms with van der Waals surface area (Å²) in [5.41, 5.74) is -1.85. The summed E-state index contributed by atoms with van der Waals surface area (Å²) in [6.07, 6.45) is 2.95. The first-order valence-corrected chi connectivity index (χ1v) is 14.9. The van der Waals surface area contributed by atoms with Gasteiger partial charge in [0.15, 0.2) is 0 Å². The van der Waals surface area contributed by atoms with E-state index in [1.54, 1.807) is 4.90 Å². The van der Waals surface area contributed by atoms with E-state index in [0.717, 1.165) is 6.42 Å². The number of nitrogens with zero attached hydrogens (tertiary/aromatic N) is 1. The molecule has 3 aliphatic heterocycles. The van der Waals surface area contributed by atoms with Crippen molar-refractivity contribution in [3.8, 4) is 0 Å². The molecule has 3 heterocycles. The van der Waals surface area contributed by atoms with Gasteiger partial charge in [0.1, 0.15) is 11.6 Å². The van der Waals surface area contributed by atoms with E-state index >= 15 is 0 Å². The summed E-state index contributed by atoms with van der Waals surface area (Å²) in [5.74, 6) is -2.14. The van der Waals surface area contributed by atoms with Gasteiger partial charge in [0.25, 0.3) is 0 Å². The molecule has 4 rings (SSSR count). The van der Waals surface area contributed by atoms with E-state index in [4.69, 9.17) is 4.74 Å². The zero-order valence-corrected chi connectivity index (χ0v) is 25.5. The van der Waals surface area contributed by atoms with E-state index in [-0.39, 0.29) is 35.7 Å². The van der Waals surface area contributed by atoms with Crippen LogP contribution in [-0.4, -0.2) is 63.2 Å². The van der Waals surface area contributed by atoms with Crippen molar-refractivity contribution in [2.45, 2.75) is 116 Å². The Morgan fingerprint density at radius 3 is 2.30 bits per heavy atom. The van der Waals surface area contributed by atoms with Crippen LogP contribution in [-0.2, 0) is 19.1 Å². The van der Waals surface area contributed by atoms with Crippen LogP contribution in [0.3, 0.4) is 0 Å². The van der Waals surface area contributed by atoms with Crippen LogP contribution in [0.15, 0.2) is 30.3 Å². The Hall–Kier alpha value is -2.45. The molecular weight excluding hydrogens is 506 g/mol. The van der Waals surface area contributed by atoms with Crippen LogP contribution in [0.5, 0.6) is 0 Å². The third-order valence-electron chi connectivity index (χ3n) is 8.97. The highest BCUT2D eigenvalue weighted by molar-refractivity contribution is 6.02. The zero-order chi connectivity index (χ0) is 29.7. The Balaban J connectivity index is 1.77. The van der Waals surface area contributed by atoms with Crippen LogP contribution in [0.25, 0.3) is 0 Å². The predicted molar refractivity (Wildman–Crippen MR) is 155 cm³/mol. The monoisotopic (exact) mass is 555 g/mol. The van der Waals surface area contributed by atoms with E-state index in [2.05, 4.69) is 31.4 Å². The highest BCUT2D eigenvalue weighted by Crippen LogP contribution is 2.64. The number of nitrogens with one attached hydrogen (secondary N) is 2. The van der Waals surface area contributed by atoms with E-state index in [1.807, 2.05) is 65.0 Å². The number of ether oxygens (including phenoxy) is 1. The van der Waals surface area contributed by atoms with Gasteiger partial charge < -0.3 is 25.4 Å². The number of aliphatic hydroxyl groups excluding tert-OH is 1. The number of para-hydroxylation sites is 1. The number of carbonyl (C=O) groups is 3. The van der Waals surface area contributed by atoms with Gasteiger partial charge in [-0.2, -0.15) is 0 Å². The summed E-state index contributed by atoms with van der Waals surface area (Å²) in [4.78, 5) is 44.3. The van der Waals surface area contributed by atoms with Crippen molar-refractivity contribution in [1.82, 2.24) is 10.2 Å². The summed E-state index contributed by atoms with van der Waals surface area (Å²) in [6.45, 7) is 16.2. The SMILES string of the molecule is CC[C@@]12CCC3(O1)C(C(=O)NC(C)(C)CC(C)(C)C)N([C@@H](CO)CC(C)C)C(=O)[C@@H]3[C@@H]2C(=O)Nc1ccccc1. The Morgan fingerprint density at radius 2 is 1.75 bits per heavy atom. The molecule has 0 radical (unpaired) electrons. The lowest BCUT2D eigenvalue weighted by Crippen LogP contribution is -2.61. The summed E-state index contributed by atoms with van der Waals surface area (Å²) >= 11 is 0. The quantitative estimate of drug-likeness (QED) is 0.394. The Morgan fingerprint density at radius 1 is 1.10 bits per heavy atom. The number of carbonyl (C=O) groups excluding carboxylic acids is 3. The van der Waals surface area contributed by atoms with Crippen LogP contribution < -0.4 is 10.6 Å².